The number of carbonyl (C=O) groups excluding carboxylic acids is 1. The third-order valence-corrected chi connectivity index (χ3v) is 4.72. The molecule has 2 fully saturated rings. The zero-order valence-corrected chi connectivity index (χ0v) is 10.7. The molecule has 16 heavy (non-hydrogen) atoms. The van der Waals surface area contributed by atoms with E-state index >= 15 is 0 Å². The molecule has 0 aromatic heterocycles. The minimum absolute atomic E-state index is 0.238. The van der Waals surface area contributed by atoms with Crippen molar-refractivity contribution in [1.29, 1.82) is 0 Å². The topological polar surface area (TPSA) is 41.1 Å². The second-order valence-electron chi connectivity index (χ2n) is 4.83. The van der Waals surface area contributed by atoms with Crippen molar-refractivity contribution in [1.82, 2.24) is 10.6 Å². The lowest BCUT2D eigenvalue weighted by molar-refractivity contribution is -0.119. The molecule has 2 rings (SSSR count). The first-order valence-corrected chi connectivity index (χ1v) is 7.51. The first-order valence-electron chi connectivity index (χ1n) is 6.46. The van der Waals surface area contributed by atoms with Crippen LogP contribution in [0.2, 0.25) is 0 Å². The second kappa shape index (κ2) is 6.50. The number of amides is 1. The lowest BCUT2D eigenvalue weighted by Gasteiger charge is -2.22. The average molecular weight is 242 g/mol. The number of rotatable bonds is 4. The van der Waals surface area contributed by atoms with Gasteiger partial charge in [-0.05, 0) is 32.2 Å². The van der Waals surface area contributed by atoms with Crippen LogP contribution in [0.1, 0.15) is 38.5 Å². The van der Waals surface area contributed by atoms with Gasteiger partial charge in [-0.1, -0.05) is 12.8 Å². The molecule has 1 unspecified atom stereocenters. The predicted octanol–water partition coefficient (Wildman–Crippen LogP) is 1.53. The van der Waals surface area contributed by atoms with Crippen LogP contribution in [0.15, 0.2) is 0 Å². The molecule has 1 saturated heterocycles. The molecule has 0 aromatic carbocycles. The number of nitrogens with one attached hydrogen (secondary N) is 2. The molecule has 1 aliphatic heterocycles. The quantitative estimate of drug-likeness (QED) is 0.785. The maximum absolute atomic E-state index is 11.7. The Hall–Kier alpha value is -0.220. The van der Waals surface area contributed by atoms with E-state index in [1.807, 2.05) is 11.8 Å². The largest absolute Gasteiger partial charge is 0.353 e. The van der Waals surface area contributed by atoms with Gasteiger partial charge >= 0.3 is 0 Å². The van der Waals surface area contributed by atoms with Crippen molar-refractivity contribution in [3.63, 3.8) is 0 Å². The molecule has 1 saturated carbocycles. The normalized spacial score (nSPS) is 26.9. The number of piperidine rings is 1. The first-order chi connectivity index (χ1) is 7.84. The van der Waals surface area contributed by atoms with Gasteiger partial charge in [0.05, 0.1) is 5.75 Å². The Morgan fingerprint density at radius 3 is 2.75 bits per heavy atom. The Labute approximate surface area is 102 Å². The van der Waals surface area contributed by atoms with Crippen molar-refractivity contribution in [3.05, 3.63) is 0 Å². The molecule has 92 valence electrons. The van der Waals surface area contributed by atoms with Crippen LogP contribution >= 0.6 is 11.8 Å². The standard InChI is InChI=1S/C12H22N2OS/c15-12(14-10-4-1-2-5-10)9-16-11-6-3-7-13-8-11/h10-11,13H,1-9H2,(H,14,15). The molecular formula is C12H22N2OS. The fourth-order valence-corrected chi connectivity index (χ4v) is 3.53. The molecule has 3 nitrogen and oxygen atoms in total. The smallest absolute Gasteiger partial charge is 0.230 e. The third-order valence-electron chi connectivity index (χ3n) is 3.42. The maximum atomic E-state index is 11.7. The molecule has 0 aromatic rings. The summed E-state index contributed by atoms with van der Waals surface area (Å²) in [5.41, 5.74) is 0. The Morgan fingerprint density at radius 2 is 2.06 bits per heavy atom. The molecule has 0 bridgehead atoms. The van der Waals surface area contributed by atoms with Crippen LogP contribution in [0.5, 0.6) is 0 Å². The fraction of sp³-hybridized carbons (Fsp3) is 0.917. The van der Waals surface area contributed by atoms with Crippen LogP contribution in [0.3, 0.4) is 0 Å². The van der Waals surface area contributed by atoms with Crippen molar-refractivity contribution < 1.29 is 4.79 Å². The van der Waals surface area contributed by atoms with Gasteiger partial charge in [0.25, 0.3) is 0 Å². The van der Waals surface area contributed by atoms with E-state index in [-0.39, 0.29) is 5.91 Å². The fourth-order valence-electron chi connectivity index (χ4n) is 2.50. The zero-order valence-electron chi connectivity index (χ0n) is 9.84. The van der Waals surface area contributed by atoms with E-state index in [2.05, 4.69) is 10.6 Å². The van der Waals surface area contributed by atoms with E-state index in [0.29, 0.717) is 17.0 Å². The highest BCUT2D eigenvalue weighted by molar-refractivity contribution is 8.00. The zero-order chi connectivity index (χ0) is 11.2. The Bertz CT molecular complexity index is 223. The van der Waals surface area contributed by atoms with Gasteiger partial charge < -0.3 is 10.6 Å². The van der Waals surface area contributed by atoms with Gasteiger partial charge in [0, 0.05) is 17.8 Å². The minimum atomic E-state index is 0.238. The predicted molar refractivity (Wildman–Crippen MR) is 68.7 cm³/mol. The van der Waals surface area contributed by atoms with E-state index in [1.54, 1.807) is 0 Å². The summed E-state index contributed by atoms with van der Waals surface area (Å²) in [6.45, 7) is 2.21. The van der Waals surface area contributed by atoms with E-state index in [0.717, 1.165) is 13.1 Å². The average Bonchev–Trinajstić information content (AvgIpc) is 2.81. The second-order valence-corrected chi connectivity index (χ2v) is 6.12. The van der Waals surface area contributed by atoms with Crippen molar-refractivity contribution in [3.8, 4) is 0 Å². The molecule has 1 aliphatic carbocycles. The summed E-state index contributed by atoms with van der Waals surface area (Å²) < 4.78 is 0. The van der Waals surface area contributed by atoms with Gasteiger partial charge in [-0.25, -0.2) is 0 Å². The Kier molecular flexibility index (Phi) is 4.97. The summed E-state index contributed by atoms with van der Waals surface area (Å²) in [5, 5.41) is 7.16. The molecule has 2 aliphatic rings. The van der Waals surface area contributed by atoms with Gasteiger partial charge in [-0.3, -0.25) is 4.79 Å². The van der Waals surface area contributed by atoms with E-state index in [9.17, 15) is 4.79 Å². The van der Waals surface area contributed by atoms with Crippen LogP contribution in [-0.4, -0.2) is 36.0 Å². The molecule has 1 heterocycles. The number of thioether (sulfide) groups is 1. The van der Waals surface area contributed by atoms with Crippen molar-refractivity contribution in [2.24, 2.45) is 0 Å². The number of carbonyl (C=O) groups is 1. The SMILES string of the molecule is O=C(CSC1CCCNC1)NC1CCCC1. The van der Waals surface area contributed by atoms with Gasteiger partial charge in [0.1, 0.15) is 0 Å². The van der Waals surface area contributed by atoms with Crippen molar-refractivity contribution >= 4 is 17.7 Å². The summed E-state index contributed by atoms with van der Waals surface area (Å²) in [6.07, 6.45) is 7.44. The van der Waals surface area contributed by atoms with E-state index < -0.39 is 0 Å². The highest BCUT2D eigenvalue weighted by Gasteiger charge is 2.19. The van der Waals surface area contributed by atoms with Gasteiger partial charge in [-0.2, -0.15) is 0 Å². The van der Waals surface area contributed by atoms with Crippen LogP contribution in [-0.2, 0) is 4.79 Å². The Balaban J connectivity index is 1.59. The number of hydrogen-bond acceptors (Lipinski definition) is 3. The van der Waals surface area contributed by atoms with Crippen molar-refractivity contribution in [2.75, 3.05) is 18.8 Å². The molecule has 0 spiro atoms. The monoisotopic (exact) mass is 242 g/mol. The van der Waals surface area contributed by atoms with Crippen molar-refractivity contribution in [2.45, 2.75) is 49.8 Å². The molecular weight excluding hydrogens is 220 g/mol. The summed E-state index contributed by atoms with van der Waals surface area (Å²) >= 11 is 1.81. The number of hydrogen-bond donors (Lipinski definition) is 2. The van der Waals surface area contributed by atoms with Gasteiger partial charge in [-0.15, -0.1) is 11.8 Å². The maximum Gasteiger partial charge on any atom is 0.230 e. The van der Waals surface area contributed by atoms with Crippen LogP contribution in [0.25, 0.3) is 0 Å². The third kappa shape index (κ3) is 3.98. The summed E-state index contributed by atoms with van der Waals surface area (Å²) in [6, 6.07) is 0.470. The lowest BCUT2D eigenvalue weighted by Crippen LogP contribution is -2.36. The van der Waals surface area contributed by atoms with Gasteiger partial charge in [0.15, 0.2) is 0 Å². The summed E-state index contributed by atoms with van der Waals surface area (Å²) in [5.74, 6) is 0.880. The Morgan fingerprint density at radius 1 is 1.25 bits per heavy atom. The molecule has 0 radical (unpaired) electrons. The lowest BCUT2D eigenvalue weighted by atomic mass is 10.2. The van der Waals surface area contributed by atoms with Crippen LogP contribution < -0.4 is 10.6 Å². The van der Waals surface area contributed by atoms with Gasteiger partial charge in [0.2, 0.25) is 5.91 Å². The van der Waals surface area contributed by atoms with E-state index in [4.69, 9.17) is 0 Å². The summed E-state index contributed by atoms with van der Waals surface area (Å²) in [4.78, 5) is 11.7. The molecule has 2 N–H and O–H groups in total. The summed E-state index contributed by atoms with van der Waals surface area (Å²) in [7, 11) is 0. The van der Waals surface area contributed by atoms with Crippen LogP contribution in [0.4, 0.5) is 0 Å². The molecule has 1 amide bonds. The minimum Gasteiger partial charge on any atom is -0.353 e. The van der Waals surface area contributed by atoms with E-state index in [1.165, 1.54) is 38.5 Å². The molecule has 1 atom stereocenters. The van der Waals surface area contributed by atoms with Crippen LogP contribution in [0, 0.1) is 0 Å². The first kappa shape index (κ1) is 12.2. The highest BCUT2D eigenvalue weighted by Crippen LogP contribution is 2.20. The molecule has 4 heteroatoms. The highest BCUT2D eigenvalue weighted by atomic mass is 32.2.